The van der Waals surface area contributed by atoms with Crippen molar-refractivity contribution in [1.82, 2.24) is 26.4 Å². The number of amides is 3. The van der Waals surface area contributed by atoms with E-state index in [0.29, 0.717) is 24.2 Å². The van der Waals surface area contributed by atoms with Crippen molar-refractivity contribution in [2.75, 3.05) is 11.9 Å². The van der Waals surface area contributed by atoms with E-state index in [4.69, 9.17) is 0 Å². The van der Waals surface area contributed by atoms with E-state index in [9.17, 15) is 18.9 Å². The van der Waals surface area contributed by atoms with Crippen LogP contribution in [0, 0.1) is 6.92 Å². The van der Waals surface area contributed by atoms with Crippen molar-refractivity contribution >= 4 is 34.3 Å². The number of nitrogens with zero attached hydrogens (tertiary/aromatic N) is 1. The Morgan fingerprint density at radius 2 is 1.92 bits per heavy atom. The normalized spacial score (nSPS) is 15.9. The highest BCUT2D eigenvalue weighted by Gasteiger charge is 2.24. The predicted molar refractivity (Wildman–Crippen MR) is 147 cm³/mol. The first kappa shape index (κ1) is 26.1. The number of H-pyrrole nitrogens is 1. The molecule has 5 rings (SSSR count). The molecular weight excluding hydrogens is 499 g/mol. The van der Waals surface area contributed by atoms with E-state index in [-0.39, 0.29) is 18.2 Å². The fourth-order valence-corrected chi connectivity index (χ4v) is 4.76. The molecule has 200 valence electrons. The zero-order chi connectivity index (χ0) is 27.4. The summed E-state index contributed by atoms with van der Waals surface area (Å²) >= 11 is 0. The van der Waals surface area contributed by atoms with Gasteiger partial charge in [-0.3, -0.25) is 19.5 Å². The minimum absolute atomic E-state index is 0.152. The van der Waals surface area contributed by atoms with Gasteiger partial charge in [0.2, 0.25) is 11.8 Å². The second-order valence-electron chi connectivity index (χ2n) is 9.71. The van der Waals surface area contributed by atoms with Crippen LogP contribution >= 0.6 is 0 Å². The fraction of sp³-hybridized carbons (Fsp3) is 0.241. The van der Waals surface area contributed by atoms with Gasteiger partial charge < -0.3 is 16.0 Å². The van der Waals surface area contributed by atoms with Gasteiger partial charge in [0, 0.05) is 23.2 Å². The molecule has 1 aliphatic rings. The molecule has 0 bridgehead atoms. The highest BCUT2D eigenvalue weighted by Crippen LogP contribution is 2.25. The molecule has 0 aliphatic carbocycles. The third-order valence-corrected chi connectivity index (χ3v) is 6.94. The van der Waals surface area contributed by atoms with Gasteiger partial charge in [-0.15, -0.1) is 10.0 Å². The van der Waals surface area contributed by atoms with Crippen LogP contribution in [0.4, 0.5) is 10.2 Å². The lowest BCUT2D eigenvalue weighted by atomic mass is 9.96. The quantitative estimate of drug-likeness (QED) is 0.224. The second kappa shape index (κ2) is 11.4. The molecule has 2 heterocycles. The topological polar surface area (TPSA) is 128 Å². The number of aryl methyl sites for hydroxylation is 1. The smallest absolute Gasteiger partial charge is 0.251 e. The Balaban J connectivity index is 1.22. The number of benzene rings is 3. The largest absolute Gasteiger partial charge is 0.354 e. The molecular formula is C29H29FN6O3. The summed E-state index contributed by atoms with van der Waals surface area (Å²) in [5, 5.41) is 16.0. The molecule has 1 saturated heterocycles. The van der Waals surface area contributed by atoms with Crippen LogP contribution in [0.2, 0.25) is 0 Å². The molecule has 39 heavy (non-hydrogen) atoms. The number of carbonyl (C=O) groups excluding carboxylic acids is 3. The molecule has 1 aliphatic heterocycles. The van der Waals surface area contributed by atoms with Gasteiger partial charge in [0.15, 0.2) is 0 Å². The number of anilines is 1. The highest BCUT2D eigenvalue weighted by atomic mass is 19.2. The summed E-state index contributed by atoms with van der Waals surface area (Å²) in [6.45, 7) is 2.56. The van der Waals surface area contributed by atoms with Gasteiger partial charge in [-0.1, -0.05) is 30.3 Å². The maximum absolute atomic E-state index is 13.6. The standard InChI is InChI=1S/C29H29FN6O3/c1-17-13-20(27(37)34-24-3-2-12-31-28(24)38)9-11-23(17)19-6-4-18(5-7-19)14-26(35-30)29(39)33-22-10-8-21-16-32-36-25(21)15-22/h4-11,13,15-16,24,26,35H,2-3,12,14H2,1H3,(H,31,38)(H,32,36)(H,33,39)(H,34,37)/t24?,26-/m0/s1. The Kier molecular flexibility index (Phi) is 7.64. The van der Waals surface area contributed by atoms with Crippen LogP contribution in [0.25, 0.3) is 22.0 Å². The molecule has 10 heteroatoms. The number of hydrogen-bond acceptors (Lipinski definition) is 5. The van der Waals surface area contributed by atoms with Crippen molar-refractivity contribution < 1.29 is 18.9 Å². The number of nitrogens with one attached hydrogen (secondary N) is 5. The van der Waals surface area contributed by atoms with E-state index in [1.54, 1.807) is 36.0 Å². The average Bonchev–Trinajstić information content (AvgIpc) is 3.41. The van der Waals surface area contributed by atoms with Gasteiger partial charge in [-0.25, -0.2) is 0 Å². The fourth-order valence-electron chi connectivity index (χ4n) is 4.76. The Bertz CT molecular complexity index is 1520. The first-order valence-electron chi connectivity index (χ1n) is 12.8. The Morgan fingerprint density at radius 1 is 1.10 bits per heavy atom. The van der Waals surface area contributed by atoms with Gasteiger partial charge in [0.05, 0.1) is 11.7 Å². The number of aromatic nitrogens is 2. The van der Waals surface area contributed by atoms with E-state index >= 15 is 0 Å². The Hall–Kier alpha value is -4.57. The van der Waals surface area contributed by atoms with Crippen molar-refractivity contribution in [2.24, 2.45) is 0 Å². The molecule has 0 saturated carbocycles. The second-order valence-corrected chi connectivity index (χ2v) is 9.71. The third kappa shape index (κ3) is 5.96. The molecule has 4 aromatic rings. The van der Waals surface area contributed by atoms with E-state index in [2.05, 4.69) is 26.1 Å². The zero-order valence-corrected chi connectivity index (χ0v) is 21.4. The van der Waals surface area contributed by atoms with Crippen LogP contribution in [-0.2, 0) is 16.0 Å². The Morgan fingerprint density at radius 3 is 2.67 bits per heavy atom. The third-order valence-electron chi connectivity index (χ3n) is 6.94. The maximum Gasteiger partial charge on any atom is 0.251 e. The van der Waals surface area contributed by atoms with Crippen molar-refractivity contribution in [1.29, 1.82) is 0 Å². The maximum atomic E-state index is 13.6. The van der Waals surface area contributed by atoms with Gasteiger partial charge >= 0.3 is 0 Å². The van der Waals surface area contributed by atoms with Gasteiger partial charge in [-0.2, -0.15) is 5.10 Å². The summed E-state index contributed by atoms with van der Waals surface area (Å²) in [6.07, 6.45) is 3.30. The van der Waals surface area contributed by atoms with Gasteiger partial charge in [-0.05, 0) is 78.8 Å². The zero-order valence-electron chi connectivity index (χ0n) is 21.4. The molecule has 0 radical (unpaired) electrons. The highest BCUT2D eigenvalue weighted by molar-refractivity contribution is 5.98. The molecule has 9 nitrogen and oxygen atoms in total. The van der Waals surface area contributed by atoms with E-state index in [1.807, 2.05) is 43.3 Å². The van der Waals surface area contributed by atoms with Crippen molar-refractivity contribution in [3.05, 3.63) is 83.6 Å². The monoisotopic (exact) mass is 528 g/mol. The van der Waals surface area contributed by atoms with Crippen LogP contribution in [0.1, 0.15) is 34.3 Å². The lowest BCUT2D eigenvalue weighted by Gasteiger charge is -2.23. The summed E-state index contributed by atoms with van der Waals surface area (Å²) in [5.74, 6) is -0.924. The predicted octanol–water partition coefficient (Wildman–Crippen LogP) is 3.57. The van der Waals surface area contributed by atoms with Crippen LogP contribution < -0.4 is 21.5 Å². The van der Waals surface area contributed by atoms with Crippen molar-refractivity contribution in [3.63, 3.8) is 0 Å². The van der Waals surface area contributed by atoms with E-state index in [1.165, 1.54) is 0 Å². The molecule has 5 N–H and O–H groups in total. The number of rotatable bonds is 8. The SMILES string of the molecule is Cc1cc(C(=O)NC2CCCNC2=O)ccc1-c1ccc(C[C@H](NF)C(=O)Nc2ccc3cn[nH]c3c2)cc1. The van der Waals surface area contributed by atoms with E-state index in [0.717, 1.165) is 39.6 Å². The summed E-state index contributed by atoms with van der Waals surface area (Å²) < 4.78 is 13.6. The lowest BCUT2D eigenvalue weighted by molar-refractivity contribution is -0.124. The molecule has 3 amide bonds. The van der Waals surface area contributed by atoms with Crippen molar-refractivity contribution in [2.45, 2.75) is 38.3 Å². The van der Waals surface area contributed by atoms with Crippen LogP contribution in [0.3, 0.4) is 0 Å². The lowest BCUT2D eigenvalue weighted by Crippen LogP contribution is -2.50. The first-order valence-corrected chi connectivity index (χ1v) is 12.8. The number of hydrogen-bond donors (Lipinski definition) is 5. The number of carbonyl (C=O) groups is 3. The number of aromatic amines is 1. The first-order chi connectivity index (χ1) is 18.9. The van der Waals surface area contributed by atoms with Crippen molar-refractivity contribution in [3.8, 4) is 11.1 Å². The van der Waals surface area contributed by atoms with Gasteiger partial charge in [0.1, 0.15) is 12.1 Å². The number of piperidine rings is 1. The van der Waals surface area contributed by atoms with Crippen LogP contribution in [-0.4, -0.2) is 46.5 Å². The van der Waals surface area contributed by atoms with Crippen LogP contribution in [0.15, 0.2) is 66.9 Å². The molecule has 0 spiro atoms. The number of halogens is 1. The summed E-state index contributed by atoms with van der Waals surface area (Å²) in [7, 11) is 0. The minimum atomic E-state index is -1.07. The average molecular weight is 529 g/mol. The summed E-state index contributed by atoms with van der Waals surface area (Å²) in [4.78, 5) is 37.3. The molecule has 2 atom stereocenters. The Labute approximate surface area is 224 Å². The molecule has 3 aromatic carbocycles. The van der Waals surface area contributed by atoms with E-state index < -0.39 is 18.0 Å². The molecule has 1 fully saturated rings. The molecule has 1 aromatic heterocycles. The number of fused-ring (bicyclic) bond motifs is 1. The molecule has 1 unspecified atom stereocenters. The van der Waals surface area contributed by atoms with Crippen LogP contribution in [0.5, 0.6) is 0 Å². The summed E-state index contributed by atoms with van der Waals surface area (Å²) in [6, 6.07) is 16.6. The van der Waals surface area contributed by atoms with Gasteiger partial charge in [0.25, 0.3) is 5.91 Å². The summed E-state index contributed by atoms with van der Waals surface area (Å²) in [5.41, 5.74) is 6.97. The minimum Gasteiger partial charge on any atom is -0.354 e.